The number of methoxy groups -OCH3 is 1. The Bertz CT molecular complexity index is 819. The van der Waals surface area contributed by atoms with Crippen LogP contribution in [0.25, 0.3) is 0 Å². The Morgan fingerprint density at radius 2 is 1.82 bits per heavy atom. The second kappa shape index (κ2) is 11.7. The van der Waals surface area contributed by atoms with Gasteiger partial charge in [-0.1, -0.05) is 11.6 Å². The number of likely N-dealkylation sites (tertiary alicyclic amines) is 2. The van der Waals surface area contributed by atoms with Crippen molar-refractivity contribution in [2.75, 3.05) is 58.7 Å². The number of piperidine rings is 2. The number of nitrogen functional groups attached to an aromatic ring is 1. The van der Waals surface area contributed by atoms with Gasteiger partial charge in [-0.05, 0) is 51.5 Å². The Kier molecular flexibility index (Phi) is 9.02. The highest BCUT2D eigenvalue weighted by Crippen LogP contribution is 2.26. The lowest BCUT2D eigenvalue weighted by molar-refractivity contribution is 0.0884. The first kappa shape index (κ1) is 25.4. The molecule has 0 aromatic carbocycles. The number of ether oxygens (including phenoxy) is 1. The Labute approximate surface area is 201 Å². The van der Waals surface area contributed by atoms with Crippen LogP contribution < -0.4 is 15.8 Å². The van der Waals surface area contributed by atoms with Crippen molar-refractivity contribution < 1.29 is 14.3 Å². The molecule has 2 saturated heterocycles. The number of rotatable bonds is 7. The van der Waals surface area contributed by atoms with Gasteiger partial charge in [0, 0.05) is 51.9 Å². The molecule has 0 unspecified atom stereocenters. The standard InChI is InChI=1S/C23H37ClN6O3/c1-4-29(5-2)23(32)30-12-6-16(7-13-30)15-28-10-8-17(9-11-28)26-21(31)18-14-19(24)20(25)27-22(18)33-3/h14,16-17H,4-13,15H2,1-3H3,(H2,25,27)(H,26,31). The van der Waals surface area contributed by atoms with Gasteiger partial charge in [-0.15, -0.1) is 0 Å². The summed E-state index contributed by atoms with van der Waals surface area (Å²) in [5.41, 5.74) is 6.00. The number of amides is 3. The number of urea groups is 1. The van der Waals surface area contributed by atoms with Crippen molar-refractivity contribution in [3.05, 3.63) is 16.7 Å². The van der Waals surface area contributed by atoms with Gasteiger partial charge in [0.1, 0.15) is 11.4 Å². The predicted molar refractivity (Wildman–Crippen MR) is 130 cm³/mol. The van der Waals surface area contributed by atoms with Gasteiger partial charge in [-0.2, -0.15) is 4.98 Å². The minimum atomic E-state index is -0.245. The molecule has 184 valence electrons. The third kappa shape index (κ3) is 6.41. The second-order valence-electron chi connectivity index (χ2n) is 8.85. The van der Waals surface area contributed by atoms with Crippen LogP contribution in [-0.4, -0.2) is 90.6 Å². The zero-order chi connectivity index (χ0) is 24.0. The Morgan fingerprint density at radius 1 is 1.18 bits per heavy atom. The highest BCUT2D eigenvalue weighted by atomic mass is 35.5. The zero-order valence-corrected chi connectivity index (χ0v) is 20.7. The number of pyridine rings is 1. The molecule has 1 aromatic rings. The summed E-state index contributed by atoms with van der Waals surface area (Å²) in [6, 6.07) is 1.78. The smallest absolute Gasteiger partial charge is 0.319 e. The number of nitrogens with one attached hydrogen (secondary N) is 1. The molecule has 0 radical (unpaired) electrons. The lowest BCUT2D eigenvalue weighted by atomic mass is 9.94. The minimum absolute atomic E-state index is 0.100. The summed E-state index contributed by atoms with van der Waals surface area (Å²) in [7, 11) is 1.45. The summed E-state index contributed by atoms with van der Waals surface area (Å²) in [6.45, 7) is 10.2. The van der Waals surface area contributed by atoms with E-state index in [2.05, 4.69) is 15.2 Å². The third-order valence-corrected chi connectivity index (χ3v) is 7.07. The van der Waals surface area contributed by atoms with E-state index in [0.717, 1.165) is 71.5 Å². The molecule has 2 fully saturated rings. The number of carbonyl (C=O) groups is 2. The van der Waals surface area contributed by atoms with Crippen LogP contribution in [-0.2, 0) is 0 Å². The molecular formula is C23H37ClN6O3. The molecule has 3 rings (SSSR count). The van der Waals surface area contributed by atoms with E-state index in [1.165, 1.54) is 13.2 Å². The summed E-state index contributed by atoms with van der Waals surface area (Å²) in [5.74, 6) is 0.688. The average Bonchev–Trinajstić information content (AvgIpc) is 2.83. The number of halogens is 1. The van der Waals surface area contributed by atoms with Crippen molar-refractivity contribution in [2.45, 2.75) is 45.6 Å². The van der Waals surface area contributed by atoms with Crippen LogP contribution in [0.2, 0.25) is 5.02 Å². The number of nitrogens with zero attached hydrogens (tertiary/aromatic N) is 4. The van der Waals surface area contributed by atoms with E-state index >= 15 is 0 Å². The highest BCUT2D eigenvalue weighted by molar-refractivity contribution is 6.33. The Hall–Kier alpha value is -2.26. The van der Waals surface area contributed by atoms with Gasteiger partial charge in [-0.25, -0.2) is 4.79 Å². The van der Waals surface area contributed by atoms with Crippen molar-refractivity contribution in [1.29, 1.82) is 0 Å². The molecule has 2 aliphatic rings. The monoisotopic (exact) mass is 480 g/mol. The quantitative estimate of drug-likeness (QED) is 0.621. The first-order chi connectivity index (χ1) is 15.9. The van der Waals surface area contributed by atoms with Crippen molar-refractivity contribution in [3.8, 4) is 5.88 Å². The number of anilines is 1. The van der Waals surface area contributed by atoms with Crippen LogP contribution in [0.15, 0.2) is 6.07 Å². The van der Waals surface area contributed by atoms with Crippen molar-refractivity contribution in [3.63, 3.8) is 0 Å². The number of carbonyl (C=O) groups excluding carboxylic acids is 2. The fourth-order valence-electron chi connectivity index (χ4n) is 4.69. The topological polar surface area (TPSA) is 104 Å². The number of nitrogens with two attached hydrogens (primary N) is 1. The lowest BCUT2D eigenvalue weighted by Gasteiger charge is -2.39. The van der Waals surface area contributed by atoms with E-state index in [4.69, 9.17) is 22.1 Å². The molecule has 0 atom stereocenters. The molecular weight excluding hydrogens is 444 g/mol. The Balaban J connectivity index is 1.42. The number of hydrogen-bond donors (Lipinski definition) is 2. The predicted octanol–water partition coefficient (Wildman–Crippen LogP) is 2.69. The summed E-state index contributed by atoms with van der Waals surface area (Å²) < 4.78 is 5.20. The maximum Gasteiger partial charge on any atom is 0.319 e. The van der Waals surface area contributed by atoms with Gasteiger partial charge >= 0.3 is 6.03 Å². The van der Waals surface area contributed by atoms with Gasteiger partial charge < -0.3 is 30.5 Å². The molecule has 2 aliphatic heterocycles. The molecule has 3 N–H and O–H groups in total. The van der Waals surface area contributed by atoms with Crippen LogP contribution >= 0.6 is 11.6 Å². The summed E-state index contributed by atoms with van der Waals surface area (Å²) in [4.78, 5) is 35.7. The lowest BCUT2D eigenvalue weighted by Crippen LogP contribution is -2.49. The Morgan fingerprint density at radius 3 is 2.39 bits per heavy atom. The van der Waals surface area contributed by atoms with Crippen LogP contribution in [0.3, 0.4) is 0 Å². The number of aromatic nitrogens is 1. The van der Waals surface area contributed by atoms with Crippen LogP contribution in [0, 0.1) is 5.92 Å². The molecule has 1 aromatic heterocycles. The number of hydrogen-bond acceptors (Lipinski definition) is 6. The van der Waals surface area contributed by atoms with Crippen molar-refractivity contribution in [1.82, 2.24) is 25.0 Å². The zero-order valence-electron chi connectivity index (χ0n) is 20.0. The van der Waals surface area contributed by atoms with E-state index in [9.17, 15) is 9.59 Å². The highest BCUT2D eigenvalue weighted by Gasteiger charge is 2.28. The molecule has 0 aliphatic carbocycles. The van der Waals surface area contributed by atoms with Crippen molar-refractivity contribution in [2.24, 2.45) is 5.92 Å². The first-order valence-corrected chi connectivity index (χ1v) is 12.3. The van der Waals surface area contributed by atoms with Gasteiger partial charge in [0.25, 0.3) is 5.91 Å². The third-order valence-electron chi connectivity index (χ3n) is 6.76. The second-order valence-corrected chi connectivity index (χ2v) is 9.25. The summed E-state index contributed by atoms with van der Waals surface area (Å²) in [5, 5.41) is 3.32. The maximum atomic E-state index is 12.8. The van der Waals surface area contributed by atoms with Gasteiger partial charge in [0.05, 0.1) is 12.1 Å². The fraction of sp³-hybridized carbons (Fsp3) is 0.696. The van der Waals surface area contributed by atoms with Crippen LogP contribution in [0.5, 0.6) is 5.88 Å². The largest absolute Gasteiger partial charge is 0.480 e. The van der Waals surface area contributed by atoms with E-state index in [1.54, 1.807) is 0 Å². The minimum Gasteiger partial charge on any atom is -0.480 e. The van der Waals surface area contributed by atoms with Crippen LogP contribution in [0.4, 0.5) is 10.6 Å². The fourth-order valence-corrected chi connectivity index (χ4v) is 4.84. The normalized spacial score (nSPS) is 18.2. The molecule has 0 spiro atoms. The molecule has 0 saturated carbocycles. The molecule has 9 nitrogen and oxygen atoms in total. The maximum absolute atomic E-state index is 12.8. The first-order valence-electron chi connectivity index (χ1n) is 11.9. The molecule has 3 amide bonds. The van der Waals surface area contributed by atoms with E-state index in [0.29, 0.717) is 11.5 Å². The van der Waals surface area contributed by atoms with E-state index in [1.807, 2.05) is 23.6 Å². The average molecular weight is 481 g/mol. The SMILES string of the molecule is CCN(CC)C(=O)N1CCC(CN2CCC(NC(=O)c3cc(Cl)c(N)nc3OC)CC2)CC1. The molecule has 10 heteroatoms. The molecule has 0 bridgehead atoms. The van der Waals surface area contributed by atoms with Crippen molar-refractivity contribution >= 4 is 29.4 Å². The molecule has 3 heterocycles. The van der Waals surface area contributed by atoms with Gasteiger partial charge in [0.2, 0.25) is 5.88 Å². The van der Waals surface area contributed by atoms with Gasteiger partial charge in [0.15, 0.2) is 0 Å². The van der Waals surface area contributed by atoms with E-state index < -0.39 is 0 Å². The van der Waals surface area contributed by atoms with Crippen LogP contribution in [0.1, 0.15) is 49.9 Å². The molecule has 33 heavy (non-hydrogen) atoms. The van der Waals surface area contributed by atoms with Gasteiger partial charge in [-0.3, -0.25) is 4.79 Å². The summed E-state index contributed by atoms with van der Waals surface area (Å²) in [6.07, 6.45) is 3.88. The summed E-state index contributed by atoms with van der Waals surface area (Å²) >= 11 is 6.04. The van der Waals surface area contributed by atoms with E-state index in [-0.39, 0.29) is 34.7 Å².